The summed E-state index contributed by atoms with van der Waals surface area (Å²) in [5.74, 6) is -1.30. The van der Waals surface area contributed by atoms with Gasteiger partial charge in [0.15, 0.2) is 0 Å². The second kappa shape index (κ2) is 6.36. The molecular weight excluding hydrogens is 372 g/mol. The molecule has 1 atom stereocenters. The number of alkyl halides is 4. The van der Waals surface area contributed by atoms with Gasteiger partial charge in [-0.25, -0.2) is 4.39 Å². The predicted octanol–water partition coefficient (Wildman–Crippen LogP) is 6.13. The zero-order chi connectivity index (χ0) is 15.6. The largest absolute Gasteiger partial charge is 0.419 e. The first kappa shape index (κ1) is 16.3. The lowest BCUT2D eigenvalue weighted by Crippen LogP contribution is -2.11. The highest BCUT2D eigenvalue weighted by atomic mass is 79.9. The van der Waals surface area contributed by atoms with Crippen LogP contribution in [0.3, 0.4) is 0 Å². The molecule has 0 aromatic heterocycles. The SMILES string of the molecule is Fc1c(C(Cl)Cc2ccc(Br)cc2)cccc1C(F)(F)F. The van der Waals surface area contributed by atoms with Gasteiger partial charge in [0.2, 0.25) is 0 Å². The van der Waals surface area contributed by atoms with Crippen LogP contribution in [0.2, 0.25) is 0 Å². The Morgan fingerprint density at radius 3 is 2.24 bits per heavy atom. The second-order valence-corrected chi connectivity index (χ2v) is 5.95. The van der Waals surface area contributed by atoms with E-state index in [0.717, 1.165) is 16.1 Å². The predicted molar refractivity (Wildman–Crippen MR) is 77.8 cm³/mol. The molecule has 2 aromatic carbocycles. The molecule has 2 aromatic rings. The van der Waals surface area contributed by atoms with E-state index in [4.69, 9.17) is 11.6 Å². The van der Waals surface area contributed by atoms with Gasteiger partial charge in [-0.2, -0.15) is 13.2 Å². The minimum absolute atomic E-state index is 0.144. The van der Waals surface area contributed by atoms with E-state index in [1.54, 1.807) is 24.3 Å². The lowest BCUT2D eigenvalue weighted by Gasteiger charge is -2.15. The van der Waals surface area contributed by atoms with Gasteiger partial charge in [-0.3, -0.25) is 0 Å². The monoisotopic (exact) mass is 380 g/mol. The lowest BCUT2D eigenvalue weighted by molar-refractivity contribution is -0.140. The summed E-state index contributed by atoms with van der Waals surface area (Å²) >= 11 is 9.37. The van der Waals surface area contributed by atoms with Crippen LogP contribution in [0.1, 0.15) is 22.1 Å². The molecule has 0 fully saturated rings. The highest BCUT2D eigenvalue weighted by Crippen LogP contribution is 2.36. The molecule has 0 radical (unpaired) electrons. The summed E-state index contributed by atoms with van der Waals surface area (Å²) in [5.41, 5.74) is -0.620. The van der Waals surface area contributed by atoms with Crippen molar-refractivity contribution in [3.63, 3.8) is 0 Å². The molecular formula is C15H10BrClF4. The molecule has 112 valence electrons. The van der Waals surface area contributed by atoms with Crippen LogP contribution in [0.5, 0.6) is 0 Å². The van der Waals surface area contributed by atoms with E-state index < -0.39 is 22.9 Å². The Balaban J connectivity index is 2.27. The van der Waals surface area contributed by atoms with Crippen LogP contribution in [0, 0.1) is 5.82 Å². The molecule has 21 heavy (non-hydrogen) atoms. The third kappa shape index (κ3) is 3.98. The van der Waals surface area contributed by atoms with Crippen molar-refractivity contribution in [1.82, 2.24) is 0 Å². The average Bonchev–Trinajstić information content (AvgIpc) is 2.40. The van der Waals surface area contributed by atoms with E-state index >= 15 is 0 Å². The van der Waals surface area contributed by atoms with Crippen molar-refractivity contribution in [2.24, 2.45) is 0 Å². The molecule has 2 rings (SSSR count). The molecule has 0 nitrogen and oxygen atoms in total. The van der Waals surface area contributed by atoms with Crippen molar-refractivity contribution in [1.29, 1.82) is 0 Å². The van der Waals surface area contributed by atoms with Crippen molar-refractivity contribution >= 4 is 27.5 Å². The van der Waals surface area contributed by atoms with E-state index in [1.807, 2.05) is 0 Å². The Hall–Kier alpha value is -1.07. The quantitative estimate of drug-likeness (QED) is 0.443. The van der Waals surface area contributed by atoms with Gasteiger partial charge in [0, 0.05) is 10.0 Å². The van der Waals surface area contributed by atoms with E-state index in [-0.39, 0.29) is 12.0 Å². The van der Waals surface area contributed by atoms with Crippen molar-refractivity contribution in [3.05, 3.63) is 69.4 Å². The van der Waals surface area contributed by atoms with Crippen LogP contribution in [0.15, 0.2) is 46.9 Å². The van der Waals surface area contributed by atoms with E-state index in [0.29, 0.717) is 6.07 Å². The maximum Gasteiger partial charge on any atom is 0.419 e. The van der Waals surface area contributed by atoms with Crippen molar-refractivity contribution < 1.29 is 17.6 Å². The second-order valence-electron chi connectivity index (χ2n) is 4.50. The summed E-state index contributed by atoms with van der Waals surface area (Å²) in [4.78, 5) is 0. The average molecular weight is 382 g/mol. The minimum Gasteiger partial charge on any atom is -0.206 e. The summed E-state index contributed by atoms with van der Waals surface area (Å²) < 4.78 is 52.9. The molecule has 0 aliphatic carbocycles. The van der Waals surface area contributed by atoms with Gasteiger partial charge in [0.05, 0.1) is 10.9 Å². The highest BCUT2D eigenvalue weighted by molar-refractivity contribution is 9.10. The van der Waals surface area contributed by atoms with Gasteiger partial charge in [-0.15, -0.1) is 11.6 Å². The first-order chi connectivity index (χ1) is 9.79. The van der Waals surface area contributed by atoms with Crippen LogP contribution in [0.4, 0.5) is 17.6 Å². The van der Waals surface area contributed by atoms with E-state index in [9.17, 15) is 17.6 Å². The van der Waals surface area contributed by atoms with Crippen LogP contribution in [-0.2, 0) is 12.6 Å². The Bertz CT molecular complexity index is 623. The Morgan fingerprint density at radius 2 is 1.67 bits per heavy atom. The molecule has 0 aliphatic rings. The molecule has 0 N–H and O–H groups in total. The molecule has 0 bridgehead atoms. The van der Waals surface area contributed by atoms with Gasteiger partial charge in [0.25, 0.3) is 0 Å². The van der Waals surface area contributed by atoms with Crippen LogP contribution < -0.4 is 0 Å². The minimum atomic E-state index is -4.73. The third-order valence-corrected chi connectivity index (χ3v) is 3.92. The van der Waals surface area contributed by atoms with Crippen molar-refractivity contribution in [3.8, 4) is 0 Å². The number of hydrogen-bond acceptors (Lipinski definition) is 0. The smallest absolute Gasteiger partial charge is 0.206 e. The zero-order valence-electron chi connectivity index (χ0n) is 10.6. The lowest BCUT2D eigenvalue weighted by atomic mass is 10.0. The fourth-order valence-corrected chi connectivity index (χ4v) is 2.56. The van der Waals surface area contributed by atoms with Gasteiger partial charge in [0.1, 0.15) is 5.82 Å². The van der Waals surface area contributed by atoms with Crippen LogP contribution in [0.25, 0.3) is 0 Å². The first-order valence-corrected chi connectivity index (χ1v) is 7.26. The van der Waals surface area contributed by atoms with Crippen molar-refractivity contribution in [2.45, 2.75) is 18.0 Å². The summed E-state index contributed by atoms with van der Waals surface area (Å²) in [7, 11) is 0. The van der Waals surface area contributed by atoms with Gasteiger partial charge in [-0.05, 0) is 30.2 Å². The molecule has 0 spiro atoms. The summed E-state index contributed by atoms with van der Waals surface area (Å²) in [6, 6.07) is 10.3. The summed E-state index contributed by atoms with van der Waals surface area (Å²) in [6.07, 6.45) is -4.48. The van der Waals surface area contributed by atoms with Gasteiger partial charge >= 0.3 is 6.18 Å². The standard InChI is InChI=1S/C15H10BrClF4/c16-10-6-4-9(5-7-10)8-13(17)11-2-1-3-12(14(11)18)15(19,20)21/h1-7,13H,8H2. The Morgan fingerprint density at radius 1 is 1.05 bits per heavy atom. The van der Waals surface area contributed by atoms with Crippen LogP contribution >= 0.6 is 27.5 Å². The molecule has 0 amide bonds. The fourth-order valence-electron chi connectivity index (χ4n) is 1.95. The van der Waals surface area contributed by atoms with E-state index in [1.165, 1.54) is 6.07 Å². The molecule has 0 aliphatic heterocycles. The molecule has 0 saturated carbocycles. The summed E-state index contributed by atoms with van der Waals surface area (Å²) in [5, 5.41) is -0.867. The molecule has 0 heterocycles. The maximum absolute atomic E-state index is 14.0. The Labute approximate surface area is 132 Å². The topological polar surface area (TPSA) is 0 Å². The normalized spacial score (nSPS) is 13.2. The molecule has 1 unspecified atom stereocenters. The van der Waals surface area contributed by atoms with Gasteiger partial charge in [-0.1, -0.05) is 40.2 Å². The fraction of sp³-hybridized carbons (Fsp3) is 0.200. The number of hydrogen-bond donors (Lipinski definition) is 0. The number of halogens is 6. The molecule has 6 heteroatoms. The van der Waals surface area contributed by atoms with Gasteiger partial charge < -0.3 is 0 Å². The maximum atomic E-state index is 14.0. The first-order valence-electron chi connectivity index (χ1n) is 6.03. The summed E-state index contributed by atoms with van der Waals surface area (Å²) in [6.45, 7) is 0. The zero-order valence-corrected chi connectivity index (χ0v) is 12.9. The third-order valence-electron chi connectivity index (χ3n) is 3.00. The van der Waals surface area contributed by atoms with Crippen molar-refractivity contribution in [2.75, 3.05) is 0 Å². The number of benzene rings is 2. The molecule has 0 saturated heterocycles. The van der Waals surface area contributed by atoms with Crippen LogP contribution in [-0.4, -0.2) is 0 Å². The number of rotatable bonds is 3. The highest BCUT2D eigenvalue weighted by Gasteiger charge is 2.35. The van der Waals surface area contributed by atoms with E-state index in [2.05, 4.69) is 15.9 Å². The Kier molecular flexibility index (Phi) is 4.94.